The highest BCUT2D eigenvalue weighted by Gasteiger charge is 2.12. The van der Waals surface area contributed by atoms with E-state index in [9.17, 15) is 0 Å². The average molecular weight is 396 g/mol. The second-order valence-electron chi connectivity index (χ2n) is 5.44. The number of ether oxygens (including phenoxy) is 2. The van der Waals surface area contributed by atoms with Gasteiger partial charge in [0.25, 0.3) is 0 Å². The number of hydrogen-bond acceptors (Lipinski definition) is 4. The normalized spacial score (nSPS) is 12.4. The topological polar surface area (TPSA) is 107 Å². The maximum absolute atomic E-state index is 5.48. The molecule has 2 aromatic rings. The van der Waals surface area contributed by atoms with Crippen molar-refractivity contribution in [2.45, 2.75) is 12.8 Å². The molecule has 0 amide bonds. The van der Waals surface area contributed by atoms with Gasteiger partial charge in [0.15, 0.2) is 17.5 Å². The molecule has 1 aromatic carbocycles. The Morgan fingerprint density at radius 2 is 2.00 bits per heavy atom. The van der Waals surface area contributed by atoms with Crippen LogP contribution in [0.5, 0.6) is 11.5 Å². The van der Waals surface area contributed by atoms with Crippen molar-refractivity contribution in [3.63, 3.8) is 0 Å². The Bertz CT molecular complexity index is 761. The summed E-state index contributed by atoms with van der Waals surface area (Å²) in [6, 6.07) is 10.0. The first-order chi connectivity index (χ1) is 12.2. The van der Waals surface area contributed by atoms with Crippen LogP contribution in [0.3, 0.4) is 0 Å². The number of fused-ring (bicyclic) bond motifs is 1. The van der Waals surface area contributed by atoms with E-state index in [4.69, 9.17) is 20.9 Å². The molecule has 140 valence electrons. The molecule has 0 bridgehead atoms. The summed E-state index contributed by atoms with van der Waals surface area (Å²) in [5.74, 6) is 2.02. The van der Waals surface area contributed by atoms with Crippen LogP contribution in [-0.2, 0) is 12.8 Å². The molecule has 5 N–H and O–H groups in total. The van der Waals surface area contributed by atoms with Crippen LogP contribution in [-0.4, -0.2) is 31.8 Å². The molecule has 0 atom stereocenters. The fourth-order valence-corrected chi connectivity index (χ4v) is 3.09. The number of nitrogens with two attached hydrogens (primary N) is 2. The highest BCUT2D eigenvalue weighted by atomic mass is 35.5. The van der Waals surface area contributed by atoms with E-state index in [2.05, 4.69) is 26.7 Å². The Hall–Kier alpha value is -2.45. The van der Waals surface area contributed by atoms with Crippen LogP contribution >= 0.6 is 23.7 Å². The van der Waals surface area contributed by atoms with Gasteiger partial charge < -0.3 is 26.3 Å². The maximum atomic E-state index is 5.48. The fourth-order valence-electron chi connectivity index (χ4n) is 2.39. The summed E-state index contributed by atoms with van der Waals surface area (Å²) in [5.41, 5.74) is 12.1. The Labute approximate surface area is 162 Å². The van der Waals surface area contributed by atoms with Crippen molar-refractivity contribution >= 4 is 35.7 Å². The van der Waals surface area contributed by atoms with Crippen molar-refractivity contribution in [2.75, 3.05) is 19.9 Å². The van der Waals surface area contributed by atoms with E-state index in [1.165, 1.54) is 4.88 Å². The minimum absolute atomic E-state index is 0. The molecule has 7 nitrogen and oxygen atoms in total. The monoisotopic (exact) mass is 395 g/mol. The molecule has 26 heavy (non-hydrogen) atoms. The third kappa shape index (κ3) is 5.82. The standard InChI is InChI=1S/C17H21N5O2S.ClH/c18-16(19)22-17(21-8-6-13-2-1-9-25-13)20-7-5-12-3-4-14-15(10-12)24-11-23-14;/h1-4,9-10H,5-8,11H2,(H5,18,19,20,21,22);1H. The number of benzene rings is 1. The first kappa shape index (κ1) is 19.9. The van der Waals surface area contributed by atoms with E-state index in [1.54, 1.807) is 11.3 Å². The van der Waals surface area contributed by atoms with Crippen LogP contribution < -0.4 is 26.3 Å². The van der Waals surface area contributed by atoms with Crippen LogP contribution in [0.1, 0.15) is 10.4 Å². The van der Waals surface area contributed by atoms with Gasteiger partial charge in [-0.1, -0.05) is 12.1 Å². The van der Waals surface area contributed by atoms with Crippen molar-refractivity contribution in [3.8, 4) is 11.5 Å². The highest BCUT2D eigenvalue weighted by molar-refractivity contribution is 7.09. The minimum Gasteiger partial charge on any atom is -0.454 e. The summed E-state index contributed by atoms with van der Waals surface area (Å²) in [6.45, 7) is 1.57. The minimum atomic E-state index is -0.00884. The molecule has 0 saturated heterocycles. The van der Waals surface area contributed by atoms with E-state index in [1.807, 2.05) is 24.3 Å². The summed E-state index contributed by atoms with van der Waals surface area (Å²) in [6.07, 6.45) is 1.66. The third-order valence-corrected chi connectivity index (χ3v) is 4.50. The summed E-state index contributed by atoms with van der Waals surface area (Å²) in [7, 11) is 0. The molecular formula is C17H22ClN5O2S. The number of guanidine groups is 2. The van der Waals surface area contributed by atoms with Crippen LogP contribution in [0.2, 0.25) is 0 Å². The molecule has 0 radical (unpaired) electrons. The van der Waals surface area contributed by atoms with Gasteiger partial charge >= 0.3 is 0 Å². The first-order valence-electron chi connectivity index (χ1n) is 7.99. The van der Waals surface area contributed by atoms with Crippen LogP contribution in [0.25, 0.3) is 0 Å². The summed E-state index contributed by atoms with van der Waals surface area (Å²) in [5, 5.41) is 5.24. The smallest absolute Gasteiger partial charge is 0.231 e. The summed E-state index contributed by atoms with van der Waals surface area (Å²) >= 11 is 1.72. The molecular weight excluding hydrogens is 374 g/mol. The van der Waals surface area contributed by atoms with Gasteiger partial charge in [-0.05, 0) is 35.6 Å². The van der Waals surface area contributed by atoms with E-state index in [0.717, 1.165) is 29.9 Å². The van der Waals surface area contributed by atoms with Gasteiger partial charge in [0.05, 0.1) is 0 Å². The molecule has 1 aliphatic rings. The van der Waals surface area contributed by atoms with Gasteiger partial charge in [-0.25, -0.2) is 0 Å². The maximum Gasteiger partial charge on any atom is 0.231 e. The zero-order chi connectivity index (χ0) is 17.5. The second kappa shape index (κ2) is 9.88. The molecule has 0 unspecified atom stereocenters. The molecule has 1 aromatic heterocycles. The van der Waals surface area contributed by atoms with Crippen LogP contribution in [0, 0.1) is 0 Å². The number of hydrogen-bond donors (Lipinski definition) is 3. The molecule has 2 heterocycles. The average Bonchev–Trinajstić information content (AvgIpc) is 3.25. The summed E-state index contributed by atoms with van der Waals surface area (Å²) < 4.78 is 10.7. The van der Waals surface area contributed by atoms with Crippen molar-refractivity contribution in [1.29, 1.82) is 0 Å². The molecule has 0 aliphatic carbocycles. The zero-order valence-electron chi connectivity index (χ0n) is 14.2. The van der Waals surface area contributed by atoms with Crippen molar-refractivity contribution in [1.82, 2.24) is 5.32 Å². The Kier molecular flexibility index (Phi) is 7.55. The summed E-state index contributed by atoms with van der Waals surface area (Å²) in [4.78, 5) is 9.79. The Morgan fingerprint density at radius 3 is 2.77 bits per heavy atom. The van der Waals surface area contributed by atoms with Gasteiger partial charge in [-0.3, -0.25) is 4.99 Å². The first-order valence-corrected chi connectivity index (χ1v) is 8.87. The lowest BCUT2D eigenvalue weighted by molar-refractivity contribution is 0.174. The van der Waals surface area contributed by atoms with Crippen molar-refractivity contribution < 1.29 is 9.47 Å². The number of nitrogens with zero attached hydrogens (tertiary/aromatic N) is 2. The van der Waals surface area contributed by atoms with Crippen molar-refractivity contribution in [2.24, 2.45) is 21.5 Å². The van der Waals surface area contributed by atoms with Gasteiger partial charge in [0, 0.05) is 24.4 Å². The lowest BCUT2D eigenvalue weighted by atomic mass is 10.1. The Balaban J connectivity index is 0.00000243. The largest absolute Gasteiger partial charge is 0.454 e. The van der Waals surface area contributed by atoms with Gasteiger partial charge in [-0.2, -0.15) is 4.99 Å². The molecule has 0 fully saturated rings. The van der Waals surface area contributed by atoms with E-state index in [-0.39, 0.29) is 25.2 Å². The lowest BCUT2D eigenvalue weighted by Gasteiger charge is -2.07. The van der Waals surface area contributed by atoms with E-state index >= 15 is 0 Å². The number of nitrogens with one attached hydrogen (secondary N) is 1. The number of aliphatic imine (C=N–C) groups is 2. The number of rotatable bonds is 6. The van der Waals surface area contributed by atoms with Crippen molar-refractivity contribution in [3.05, 3.63) is 46.2 Å². The number of thiophene rings is 1. The predicted octanol–water partition coefficient (Wildman–Crippen LogP) is 1.90. The van der Waals surface area contributed by atoms with Gasteiger partial charge in [-0.15, -0.1) is 23.7 Å². The molecule has 1 aliphatic heterocycles. The number of halogens is 1. The Morgan fingerprint density at radius 1 is 1.15 bits per heavy atom. The van der Waals surface area contributed by atoms with Crippen LogP contribution in [0.4, 0.5) is 0 Å². The molecule has 0 spiro atoms. The molecule has 3 rings (SSSR count). The quantitative estimate of drug-likeness (QED) is 0.511. The van der Waals surface area contributed by atoms with Crippen LogP contribution in [0.15, 0.2) is 45.7 Å². The van der Waals surface area contributed by atoms with Gasteiger partial charge in [0.2, 0.25) is 12.8 Å². The lowest BCUT2D eigenvalue weighted by Crippen LogP contribution is -2.31. The fraction of sp³-hybridized carbons (Fsp3) is 0.294. The zero-order valence-corrected chi connectivity index (χ0v) is 15.8. The SMILES string of the molecule is Cl.NC(N)=NC(=NCCc1cccs1)NCCc1ccc2c(c1)OCO2. The highest BCUT2D eigenvalue weighted by Crippen LogP contribution is 2.32. The third-order valence-electron chi connectivity index (χ3n) is 3.57. The van der Waals surface area contributed by atoms with E-state index in [0.29, 0.717) is 19.0 Å². The second-order valence-corrected chi connectivity index (χ2v) is 6.47. The predicted molar refractivity (Wildman–Crippen MR) is 108 cm³/mol. The van der Waals surface area contributed by atoms with E-state index < -0.39 is 0 Å². The molecule has 9 heteroatoms. The van der Waals surface area contributed by atoms with Gasteiger partial charge in [0.1, 0.15) is 0 Å². The molecule has 0 saturated carbocycles.